The summed E-state index contributed by atoms with van der Waals surface area (Å²) < 4.78 is 1.74. The van der Waals surface area contributed by atoms with Gasteiger partial charge in [-0.2, -0.15) is 5.10 Å². The zero-order chi connectivity index (χ0) is 19.6. The Labute approximate surface area is 167 Å². The Hall–Kier alpha value is -3.06. The van der Waals surface area contributed by atoms with E-state index in [2.05, 4.69) is 15.4 Å². The number of phenols is 1. The van der Waals surface area contributed by atoms with Crippen LogP contribution in [-0.4, -0.2) is 41.9 Å². The van der Waals surface area contributed by atoms with Gasteiger partial charge < -0.3 is 10.4 Å². The minimum Gasteiger partial charge on any atom is -0.507 e. The van der Waals surface area contributed by atoms with E-state index >= 15 is 0 Å². The van der Waals surface area contributed by atoms with E-state index in [9.17, 15) is 5.11 Å². The summed E-state index contributed by atoms with van der Waals surface area (Å²) in [7, 11) is 1.87. The maximum Gasteiger partial charge on any atom is 0.132 e. The van der Waals surface area contributed by atoms with Crippen LogP contribution >= 0.6 is 0 Å². The topological polar surface area (TPSA) is 88.8 Å². The molecule has 1 aliphatic carbocycles. The van der Waals surface area contributed by atoms with E-state index in [1.54, 1.807) is 10.7 Å². The highest BCUT2D eigenvalue weighted by molar-refractivity contribution is 5.88. The summed E-state index contributed by atoms with van der Waals surface area (Å²) in [5.41, 5.74) is 4.10. The van der Waals surface area contributed by atoms with Gasteiger partial charge in [0.2, 0.25) is 0 Å². The van der Waals surface area contributed by atoms with Crippen molar-refractivity contribution in [2.75, 3.05) is 6.54 Å². The minimum absolute atomic E-state index is 0.171. The Morgan fingerprint density at radius 2 is 2.03 bits per heavy atom. The standard InChI is InChI=1S/C22H22N6O/c1-28-12-14-8-15(20(29)9-18(14)27-28)16-2-3-17-19(25-16)11-23-21(26-17)13-4-7-24-22(10-13)5-6-22/h2-3,8-9,11-13,24,29H,4-7,10H2,1H3. The third-order valence-electron chi connectivity index (χ3n) is 6.32. The van der Waals surface area contributed by atoms with Crippen molar-refractivity contribution in [1.29, 1.82) is 0 Å². The van der Waals surface area contributed by atoms with Gasteiger partial charge in [0.25, 0.3) is 0 Å². The summed E-state index contributed by atoms with van der Waals surface area (Å²) >= 11 is 0. The second-order valence-electron chi connectivity index (χ2n) is 8.46. The van der Waals surface area contributed by atoms with Crippen LogP contribution in [0.1, 0.15) is 37.4 Å². The van der Waals surface area contributed by atoms with Crippen molar-refractivity contribution in [2.45, 2.75) is 37.1 Å². The molecule has 1 aliphatic heterocycles. The summed E-state index contributed by atoms with van der Waals surface area (Å²) in [6.45, 7) is 1.04. The highest BCUT2D eigenvalue weighted by atomic mass is 16.3. The van der Waals surface area contributed by atoms with Crippen LogP contribution in [0.2, 0.25) is 0 Å². The fourth-order valence-electron chi connectivity index (χ4n) is 4.58. The van der Waals surface area contributed by atoms with Crippen LogP contribution in [0.25, 0.3) is 33.2 Å². The number of aryl methyl sites for hydroxylation is 1. The molecule has 7 nitrogen and oxygen atoms in total. The maximum absolute atomic E-state index is 10.5. The van der Waals surface area contributed by atoms with Crippen LogP contribution in [0, 0.1) is 0 Å². The molecular weight excluding hydrogens is 364 g/mol. The molecule has 2 aliphatic rings. The summed E-state index contributed by atoms with van der Waals surface area (Å²) in [6, 6.07) is 7.50. The maximum atomic E-state index is 10.5. The van der Waals surface area contributed by atoms with Crippen molar-refractivity contribution in [3.63, 3.8) is 0 Å². The largest absolute Gasteiger partial charge is 0.507 e. The fraction of sp³-hybridized carbons (Fsp3) is 0.364. The van der Waals surface area contributed by atoms with Gasteiger partial charge in [0.05, 0.1) is 22.9 Å². The lowest BCUT2D eigenvalue weighted by Crippen LogP contribution is -2.39. The molecule has 1 atom stereocenters. The number of fused-ring (bicyclic) bond motifs is 2. The minimum atomic E-state index is 0.171. The first-order valence-corrected chi connectivity index (χ1v) is 10.1. The molecule has 0 radical (unpaired) electrons. The summed E-state index contributed by atoms with van der Waals surface area (Å²) in [4.78, 5) is 14.2. The Morgan fingerprint density at radius 3 is 2.90 bits per heavy atom. The molecule has 2 fully saturated rings. The lowest BCUT2D eigenvalue weighted by atomic mass is 9.90. The SMILES string of the molecule is Cn1cc2cc(-c3ccc4nc(C5CCNC6(CC6)C5)ncc4n3)c(O)cc2n1. The molecule has 1 saturated carbocycles. The van der Waals surface area contributed by atoms with Gasteiger partial charge in [-0.05, 0) is 50.4 Å². The third kappa shape index (κ3) is 2.84. The molecule has 4 aromatic rings. The van der Waals surface area contributed by atoms with Crippen molar-refractivity contribution < 1.29 is 5.11 Å². The number of hydrogen-bond acceptors (Lipinski definition) is 6. The Bertz CT molecular complexity index is 1260. The number of benzene rings is 1. The molecule has 4 heterocycles. The first kappa shape index (κ1) is 16.9. The normalized spacial score (nSPS) is 20.5. The smallest absolute Gasteiger partial charge is 0.132 e. The number of nitrogens with one attached hydrogen (secondary N) is 1. The molecule has 6 rings (SSSR count). The van der Waals surface area contributed by atoms with E-state index in [1.807, 2.05) is 37.6 Å². The van der Waals surface area contributed by atoms with E-state index in [1.165, 1.54) is 12.8 Å². The van der Waals surface area contributed by atoms with E-state index in [0.29, 0.717) is 22.7 Å². The molecular formula is C22H22N6O. The van der Waals surface area contributed by atoms with Crippen LogP contribution in [0.4, 0.5) is 0 Å². The monoisotopic (exact) mass is 386 g/mol. The zero-order valence-corrected chi connectivity index (χ0v) is 16.3. The summed E-state index contributed by atoms with van der Waals surface area (Å²) in [5, 5.41) is 19.4. The quantitative estimate of drug-likeness (QED) is 0.550. The number of aromatic nitrogens is 5. The Morgan fingerprint density at radius 1 is 1.14 bits per heavy atom. The first-order valence-electron chi connectivity index (χ1n) is 10.1. The summed E-state index contributed by atoms with van der Waals surface area (Å²) in [6.07, 6.45) is 8.50. The van der Waals surface area contributed by atoms with Gasteiger partial charge in [0.1, 0.15) is 17.1 Å². The number of rotatable bonds is 2. The fourth-order valence-corrected chi connectivity index (χ4v) is 4.58. The predicted molar refractivity (Wildman–Crippen MR) is 111 cm³/mol. The highest BCUT2D eigenvalue weighted by Crippen LogP contribution is 2.46. The van der Waals surface area contributed by atoms with Gasteiger partial charge in [-0.1, -0.05) is 0 Å². The number of pyridine rings is 1. The molecule has 1 aromatic carbocycles. The number of hydrogen-bond donors (Lipinski definition) is 2. The molecule has 7 heteroatoms. The molecule has 1 saturated heterocycles. The van der Waals surface area contributed by atoms with Crippen LogP contribution in [0.3, 0.4) is 0 Å². The first-order chi connectivity index (χ1) is 14.1. The van der Waals surface area contributed by atoms with Crippen LogP contribution in [-0.2, 0) is 7.05 Å². The lowest BCUT2D eigenvalue weighted by Gasteiger charge is -2.29. The average molecular weight is 386 g/mol. The van der Waals surface area contributed by atoms with Crippen LogP contribution < -0.4 is 5.32 Å². The van der Waals surface area contributed by atoms with Gasteiger partial charge in [0.15, 0.2) is 0 Å². The van der Waals surface area contributed by atoms with Crippen molar-refractivity contribution >= 4 is 21.9 Å². The van der Waals surface area contributed by atoms with Crippen LogP contribution in [0.15, 0.2) is 36.7 Å². The van der Waals surface area contributed by atoms with E-state index in [4.69, 9.17) is 9.97 Å². The highest BCUT2D eigenvalue weighted by Gasteiger charge is 2.46. The second kappa shape index (κ2) is 5.97. The predicted octanol–water partition coefficient (Wildman–Crippen LogP) is 3.28. The molecule has 1 spiro atoms. The molecule has 2 N–H and O–H groups in total. The Kier molecular flexibility index (Phi) is 3.47. The van der Waals surface area contributed by atoms with Gasteiger partial charge in [0, 0.05) is 41.7 Å². The van der Waals surface area contributed by atoms with Gasteiger partial charge in [-0.15, -0.1) is 0 Å². The van der Waals surface area contributed by atoms with Crippen LogP contribution in [0.5, 0.6) is 5.75 Å². The van der Waals surface area contributed by atoms with Crippen molar-refractivity contribution in [2.24, 2.45) is 7.05 Å². The molecule has 3 aromatic heterocycles. The number of aromatic hydroxyl groups is 1. The van der Waals surface area contributed by atoms with Gasteiger partial charge in [-0.3, -0.25) is 4.68 Å². The number of piperidine rings is 1. The summed E-state index contributed by atoms with van der Waals surface area (Å²) in [5.74, 6) is 1.52. The molecule has 29 heavy (non-hydrogen) atoms. The molecule has 0 amide bonds. The molecule has 146 valence electrons. The van der Waals surface area contributed by atoms with Crippen molar-refractivity contribution in [1.82, 2.24) is 30.0 Å². The van der Waals surface area contributed by atoms with Crippen molar-refractivity contribution in [3.8, 4) is 17.0 Å². The van der Waals surface area contributed by atoms with E-state index in [-0.39, 0.29) is 5.75 Å². The number of nitrogens with zero attached hydrogens (tertiary/aromatic N) is 5. The van der Waals surface area contributed by atoms with E-state index < -0.39 is 0 Å². The van der Waals surface area contributed by atoms with E-state index in [0.717, 1.165) is 47.1 Å². The van der Waals surface area contributed by atoms with Crippen molar-refractivity contribution in [3.05, 3.63) is 42.5 Å². The molecule has 0 bridgehead atoms. The van der Waals surface area contributed by atoms with Gasteiger partial charge in [-0.25, -0.2) is 15.0 Å². The molecule has 1 unspecified atom stereocenters. The van der Waals surface area contributed by atoms with Gasteiger partial charge >= 0.3 is 0 Å². The lowest BCUT2D eigenvalue weighted by molar-refractivity contribution is 0.338. The second-order valence-corrected chi connectivity index (χ2v) is 8.46. The zero-order valence-electron chi connectivity index (χ0n) is 16.3. The number of phenolic OH excluding ortho intramolecular Hbond substituents is 1. The third-order valence-corrected chi connectivity index (χ3v) is 6.32. The Balaban J connectivity index is 1.37. The average Bonchev–Trinajstić information content (AvgIpc) is 3.36.